The summed E-state index contributed by atoms with van der Waals surface area (Å²) in [6.45, 7) is 2.16. The number of hydrogen-bond donors (Lipinski definition) is 1. The molecule has 0 aromatic heterocycles. The van der Waals surface area contributed by atoms with E-state index in [1.54, 1.807) is 6.07 Å². The smallest absolute Gasteiger partial charge is 0.255 e. The zero-order valence-electron chi connectivity index (χ0n) is 10.0. The van der Waals surface area contributed by atoms with E-state index in [0.717, 1.165) is 30.4 Å². The summed E-state index contributed by atoms with van der Waals surface area (Å²) in [4.78, 5) is 14.3. The summed E-state index contributed by atoms with van der Waals surface area (Å²) in [6.07, 6.45) is 2.12. The number of halogens is 2. The van der Waals surface area contributed by atoms with Gasteiger partial charge in [0.05, 0.1) is 10.6 Å². The topological polar surface area (TPSA) is 46.3 Å². The number of nitrogens with zero attached hydrogens (tertiary/aromatic N) is 1. The minimum absolute atomic E-state index is 0.000509. The van der Waals surface area contributed by atoms with E-state index in [1.165, 1.54) is 0 Å². The number of hydrogen-bond acceptors (Lipinski definition) is 2. The normalized spacial score (nSPS) is 19.9. The molecule has 0 spiro atoms. The third kappa shape index (κ3) is 2.87. The van der Waals surface area contributed by atoms with Crippen LogP contribution in [0.4, 0.5) is 0 Å². The summed E-state index contributed by atoms with van der Waals surface area (Å²) >= 11 is 9.50. The van der Waals surface area contributed by atoms with Gasteiger partial charge < -0.3 is 10.6 Å². The highest BCUT2D eigenvalue weighted by Gasteiger charge is 2.25. The molecule has 3 nitrogen and oxygen atoms in total. The Morgan fingerprint density at radius 2 is 2.33 bits per heavy atom. The second kappa shape index (κ2) is 6.04. The molecule has 1 atom stereocenters. The lowest BCUT2D eigenvalue weighted by Gasteiger charge is -2.32. The van der Waals surface area contributed by atoms with Gasteiger partial charge in [-0.05, 0) is 53.4 Å². The van der Waals surface area contributed by atoms with Crippen LogP contribution in [0.3, 0.4) is 0 Å². The molecule has 1 unspecified atom stereocenters. The zero-order chi connectivity index (χ0) is 13.1. The van der Waals surface area contributed by atoms with Crippen LogP contribution >= 0.6 is 27.5 Å². The lowest BCUT2D eigenvalue weighted by atomic mass is 9.97. The zero-order valence-corrected chi connectivity index (χ0v) is 12.4. The summed E-state index contributed by atoms with van der Waals surface area (Å²) in [6, 6.07) is 5.42. The molecule has 5 heteroatoms. The fourth-order valence-corrected chi connectivity index (χ4v) is 2.85. The third-order valence-corrected chi connectivity index (χ3v) is 4.62. The molecule has 0 radical (unpaired) electrons. The van der Waals surface area contributed by atoms with Crippen molar-refractivity contribution in [1.82, 2.24) is 4.90 Å². The van der Waals surface area contributed by atoms with Gasteiger partial charge >= 0.3 is 0 Å². The minimum atomic E-state index is -0.000509. The molecule has 1 amide bonds. The van der Waals surface area contributed by atoms with Crippen LogP contribution in [0, 0.1) is 5.92 Å². The van der Waals surface area contributed by atoms with E-state index < -0.39 is 0 Å². The Hall–Kier alpha value is -0.580. The van der Waals surface area contributed by atoms with Crippen molar-refractivity contribution in [2.75, 3.05) is 19.6 Å². The van der Waals surface area contributed by atoms with E-state index in [9.17, 15) is 4.79 Å². The maximum absolute atomic E-state index is 12.4. The SMILES string of the molecule is NCC1CCCN(C(=O)c2cccc(Br)c2Cl)C1. The van der Waals surface area contributed by atoms with Crippen molar-refractivity contribution < 1.29 is 4.79 Å². The predicted octanol–water partition coefficient (Wildman–Crippen LogP) is 2.91. The van der Waals surface area contributed by atoms with Gasteiger partial charge in [0, 0.05) is 17.6 Å². The molecule has 0 aliphatic carbocycles. The fraction of sp³-hybridized carbons (Fsp3) is 0.462. The van der Waals surface area contributed by atoms with Gasteiger partial charge in [-0.25, -0.2) is 0 Å². The Morgan fingerprint density at radius 1 is 1.56 bits per heavy atom. The van der Waals surface area contributed by atoms with Crippen molar-refractivity contribution in [3.63, 3.8) is 0 Å². The first kappa shape index (κ1) is 13.8. The Bertz CT molecular complexity index is 453. The lowest BCUT2D eigenvalue weighted by Crippen LogP contribution is -2.42. The molecule has 0 saturated carbocycles. The molecule has 98 valence electrons. The number of benzene rings is 1. The van der Waals surface area contributed by atoms with Gasteiger partial charge in [-0.3, -0.25) is 4.79 Å². The first-order valence-corrected chi connectivity index (χ1v) is 7.24. The van der Waals surface area contributed by atoms with Gasteiger partial charge in [0.15, 0.2) is 0 Å². The van der Waals surface area contributed by atoms with Gasteiger partial charge in [-0.1, -0.05) is 17.7 Å². The van der Waals surface area contributed by atoms with Gasteiger partial charge in [0.1, 0.15) is 0 Å². The van der Waals surface area contributed by atoms with Crippen LogP contribution in [-0.2, 0) is 0 Å². The fourth-order valence-electron chi connectivity index (χ4n) is 2.28. The van der Waals surface area contributed by atoms with Gasteiger partial charge in [0.25, 0.3) is 5.91 Å². The van der Waals surface area contributed by atoms with Crippen molar-refractivity contribution in [2.24, 2.45) is 11.7 Å². The number of rotatable bonds is 2. The maximum atomic E-state index is 12.4. The van der Waals surface area contributed by atoms with E-state index in [4.69, 9.17) is 17.3 Å². The third-order valence-electron chi connectivity index (χ3n) is 3.32. The number of carbonyl (C=O) groups excluding carboxylic acids is 1. The van der Waals surface area contributed by atoms with Crippen molar-refractivity contribution in [2.45, 2.75) is 12.8 Å². The first-order valence-electron chi connectivity index (χ1n) is 6.07. The second-order valence-corrected chi connectivity index (χ2v) is 5.83. The minimum Gasteiger partial charge on any atom is -0.338 e. The van der Waals surface area contributed by atoms with Crippen LogP contribution < -0.4 is 5.73 Å². The van der Waals surface area contributed by atoms with Crippen molar-refractivity contribution in [3.05, 3.63) is 33.3 Å². The van der Waals surface area contributed by atoms with Gasteiger partial charge in [-0.2, -0.15) is 0 Å². The van der Waals surface area contributed by atoms with Crippen LogP contribution in [0.25, 0.3) is 0 Å². The first-order chi connectivity index (χ1) is 8.63. The van der Waals surface area contributed by atoms with Crippen molar-refractivity contribution in [3.8, 4) is 0 Å². The monoisotopic (exact) mass is 330 g/mol. The van der Waals surface area contributed by atoms with Crippen LogP contribution in [0.5, 0.6) is 0 Å². The molecule has 1 saturated heterocycles. The number of amides is 1. The average molecular weight is 332 g/mol. The van der Waals surface area contributed by atoms with Crippen LogP contribution in [0.2, 0.25) is 5.02 Å². The summed E-state index contributed by atoms with van der Waals surface area (Å²) < 4.78 is 0.752. The Kier molecular flexibility index (Phi) is 4.65. The second-order valence-electron chi connectivity index (χ2n) is 4.60. The lowest BCUT2D eigenvalue weighted by molar-refractivity contribution is 0.0678. The molecule has 1 fully saturated rings. The highest BCUT2D eigenvalue weighted by molar-refractivity contribution is 9.10. The number of carbonyl (C=O) groups is 1. The van der Waals surface area contributed by atoms with Gasteiger partial charge in [-0.15, -0.1) is 0 Å². The predicted molar refractivity (Wildman–Crippen MR) is 76.8 cm³/mol. The summed E-state index contributed by atoms with van der Waals surface area (Å²) in [5, 5.41) is 0.484. The average Bonchev–Trinajstić information content (AvgIpc) is 2.41. The number of likely N-dealkylation sites (tertiary alicyclic amines) is 1. The summed E-state index contributed by atoms with van der Waals surface area (Å²) in [5.41, 5.74) is 6.25. The quantitative estimate of drug-likeness (QED) is 0.905. The molecule has 18 heavy (non-hydrogen) atoms. The van der Waals surface area contributed by atoms with E-state index in [2.05, 4.69) is 15.9 Å². The molecule has 1 heterocycles. The Morgan fingerprint density at radius 3 is 3.06 bits per heavy atom. The van der Waals surface area contributed by atoms with E-state index in [0.29, 0.717) is 23.0 Å². The standard InChI is InChI=1S/C13H16BrClN2O/c14-11-5-1-4-10(12(11)15)13(18)17-6-2-3-9(7-16)8-17/h1,4-5,9H,2-3,6-8,16H2. The maximum Gasteiger partial charge on any atom is 0.255 e. The molecule has 2 rings (SSSR count). The number of nitrogens with two attached hydrogens (primary N) is 1. The highest BCUT2D eigenvalue weighted by Crippen LogP contribution is 2.28. The van der Waals surface area contributed by atoms with Crippen molar-refractivity contribution >= 4 is 33.4 Å². The molecule has 1 aromatic rings. The van der Waals surface area contributed by atoms with E-state index >= 15 is 0 Å². The molecule has 1 aromatic carbocycles. The Labute approximate surface area is 120 Å². The molecule has 1 aliphatic rings. The Balaban J connectivity index is 2.18. The molecule has 0 bridgehead atoms. The van der Waals surface area contributed by atoms with Crippen molar-refractivity contribution in [1.29, 1.82) is 0 Å². The van der Waals surface area contributed by atoms with Crippen LogP contribution in [0.1, 0.15) is 23.2 Å². The summed E-state index contributed by atoms with van der Waals surface area (Å²) in [5.74, 6) is 0.410. The molecule has 2 N–H and O–H groups in total. The largest absolute Gasteiger partial charge is 0.338 e. The van der Waals surface area contributed by atoms with E-state index in [-0.39, 0.29) is 5.91 Å². The molecular weight excluding hydrogens is 316 g/mol. The van der Waals surface area contributed by atoms with Crippen LogP contribution in [0.15, 0.2) is 22.7 Å². The number of piperidine rings is 1. The van der Waals surface area contributed by atoms with E-state index in [1.807, 2.05) is 17.0 Å². The highest BCUT2D eigenvalue weighted by atomic mass is 79.9. The van der Waals surface area contributed by atoms with Crippen LogP contribution in [-0.4, -0.2) is 30.4 Å². The van der Waals surface area contributed by atoms with Gasteiger partial charge in [0.2, 0.25) is 0 Å². The molecular formula is C13H16BrClN2O. The summed E-state index contributed by atoms with van der Waals surface area (Å²) in [7, 11) is 0. The molecule has 1 aliphatic heterocycles.